The Labute approximate surface area is 196 Å². The van der Waals surface area contributed by atoms with Crippen LogP contribution in [0.15, 0.2) is 66.7 Å². The van der Waals surface area contributed by atoms with Crippen molar-refractivity contribution < 1.29 is 24.4 Å². The molecule has 0 atom stereocenters. The number of benzene rings is 3. The van der Waals surface area contributed by atoms with Gasteiger partial charge in [-0.25, -0.2) is 0 Å². The average Bonchev–Trinajstić information content (AvgIpc) is 3.27. The van der Waals surface area contributed by atoms with Crippen molar-refractivity contribution in [1.82, 2.24) is 4.90 Å². The van der Waals surface area contributed by atoms with Crippen LogP contribution in [0.4, 0.5) is 0 Å². The molecular formula is C26H25NO5S. The van der Waals surface area contributed by atoms with Gasteiger partial charge in [0.15, 0.2) is 23.0 Å². The van der Waals surface area contributed by atoms with Gasteiger partial charge in [0.2, 0.25) is 0 Å². The van der Waals surface area contributed by atoms with E-state index in [1.807, 2.05) is 18.2 Å². The molecule has 170 valence electrons. The minimum Gasteiger partial charge on any atom is -0.504 e. The molecule has 4 aromatic rings. The minimum absolute atomic E-state index is 0.00472. The standard InChI is InChI=1S/C26H25NO5S/c28-21-7-5-19(26-16-18-3-1-2-4-25(18)33-26)15-24(21)32-23-8-6-20(17-22(23)29)31-14-11-27-9-12-30-13-10-27/h1-8,15-17,28-29H,9-14H2. The molecular weight excluding hydrogens is 438 g/mol. The normalized spacial score (nSPS) is 14.4. The molecule has 0 spiro atoms. The van der Waals surface area contributed by atoms with Crippen LogP contribution in [0.1, 0.15) is 0 Å². The highest BCUT2D eigenvalue weighted by Crippen LogP contribution is 2.41. The highest BCUT2D eigenvalue weighted by molar-refractivity contribution is 7.22. The molecule has 0 amide bonds. The van der Waals surface area contributed by atoms with Gasteiger partial charge in [-0.05, 0) is 53.4 Å². The Balaban J connectivity index is 1.28. The van der Waals surface area contributed by atoms with Crippen molar-refractivity contribution in [3.05, 3.63) is 66.7 Å². The number of hydrogen-bond donors (Lipinski definition) is 2. The van der Waals surface area contributed by atoms with Gasteiger partial charge in [0.25, 0.3) is 0 Å². The summed E-state index contributed by atoms with van der Waals surface area (Å²) in [6.45, 7) is 4.66. The largest absolute Gasteiger partial charge is 0.504 e. The molecule has 1 aliphatic rings. The molecule has 1 aromatic heterocycles. The number of morpholine rings is 1. The van der Waals surface area contributed by atoms with E-state index in [4.69, 9.17) is 14.2 Å². The molecule has 1 fully saturated rings. The second-order valence-electron chi connectivity index (χ2n) is 7.87. The lowest BCUT2D eigenvalue weighted by molar-refractivity contribution is 0.0322. The van der Waals surface area contributed by atoms with Crippen LogP contribution in [0.5, 0.6) is 28.7 Å². The highest BCUT2D eigenvalue weighted by Gasteiger charge is 2.13. The molecule has 0 bridgehead atoms. The SMILES string of the molecule is Oc1cc(OCCN2CCOCC2)ccc1Oc1cc(-c2cc3ccccc3s2)ccc1O. The predicted octanol–water partition coefficient (Wildman–Crippen LogP) is 5.48. The summed E-state index contributed by atoms with van der Waals surface area (Å²) in [4.78, 5) is 3.36. The van der Waals surface area contributed by atoms with E-state index in [9.17, 15) is 10.2 Å². The van der Waals surface area contributed by atoms with Gasteiger partial charge in [0.05, 0.1) is 13.2 Å². The van der Waals surface area contributed by atoms with Crippen molar-refractivity contribution in [2.45, 2.75) is 0 Å². The number of thiophene rings is 1. The number of ether oxygens (including phenoxy) is 3. The van der Waals surface area contributed by atoms with Crippen molar-refractivity contribution in [2.24, 2.45) is 0 Å². The van der Waals surface area contributed by atoms with Crippen molar-refractivity contribution in [1.29, 1.82) is 0 Å². The third kappa shape index (κ3) is 5.06. The molecule has 0 aliphatic carbocycles. The Morgan fingerprint density at radius 1 is 0.879 bits per heavy atom. The highest BCUT2D eigenvalue weighted by atomic mass is 32.1. The zero-order valence-electron chi connectivity index (χ0n) is 18.1. The van der Waals surface area contributed by atoms with Crippen LogP contribution in [0, 0.1) is 0 Å². The van der Waals surface area contributed by atoms with Crippen LogP contribution in [0.25, 0.3) is 20.5 Å². The fraction of sp³-hybridized carbons (Fsp3) is 0.231. The van der Waals surface area contributed by atoms with Gasteiger partial charge in [-0.2, -0.15) is 0 Å². The molecule has 2 N–H and O–H groups in total. The molecule has 0 unspecified atom stereocenters. The molecule has 3 aromatic carbocycles. The smallest absolute Gasteiger partial charge is 0.169 e. The van der Waals surface area contributed by atoms with Gasteiger partial charge in [-0.15, -0.1) is 11.3 Å². The van der Waals surface area contributed by atoms with E-state index in [0.717, 1.165) is 43.3 Å². The molecule has 0 radical (unpaired) electrons. The number of nitrogens with zero attached hydrogens (tertiary/aromatic N) is 1. The lowest BCUT2D eigenvalue weighted by Crippen LogP contribution is -2.38. The summed E-state index contributed by atoms with van der Waals surface area (Å²) in [5.41, 5.74) is 0.937. The zero-order chi connectivity index (χ0) is 22.6. The van der Waals surface area contributed by atoms with Gasteiger partial charge in [0, 0.05) is 35.3 Å². The topological polar surface area (TPSA) is 71.4 Å². The summed E-state index contributed by atoms with van der Waals surface area (Å²) in [5.74, 6) is 1.05. The van der Waals surface area contributed by atoms with Gasteiger partial charge >= 0.3 is 0 Å². The summed E-state index contributed by atoms with van der Waals surface area (Å²) < 4.78 is 18.2. The summed E-state index contributed by atoms with van der Waals surface area (Å²) >= 11 is 1.68. The van der Waals surface area contributed by atoms with Gasteiger partial charge in [-0.1, -0.05) is 18.2 Å². The summed E-state index contributed by atoms with van der Waals surface area (Å²) in [6.07, 6.45) is 0. The number of fused-ring (bicyclic) bond motifs is 1. The van der Waals surface area contributed by atoms with Crippen molar-refractivity contribution in [2.75, 3.05) is 39.5 Å². The van der Waals surface area contributed by atoms with E-state index in [0.29, 0.717) is 12.4 Å². The molecule has 1 saturated heterocycles. The Morgan fingerprint density at radius 3 is 2.55 bits per heavy atom. The molecule has 33 heavy (non-hydrogen) atoms. The van der Waals surface area contributed by atoms with Crippen LogP contribution in [0.3, 0.4) is 0 Å². The zero-order valence-corrected chi connectivity index (χ0v) is 18.9. The Morgan fingerprint density at radius 2 is 1.73 bits per heavy atom. The Bertz CT molecular complexity index is 1220. The average molecular weight is 464 g/mol. The first-order valence-electron chi connectivity index (χ1n) is 10.9. The number of phenols is 2. The van der Waals surface area contributed by atoms with Crippen molar-refractivity contribution in [3.8, 4) is 39.2 Å². The summed E-state index contributed by atoms with van der Waals surface area (Å²) in [5, 5.41) is 22.0. The summed E-state index contributed by atoms with van der Waals surface area (Å²) in [6, 6.07) is 20.5. The van der Waals surface area contributed by atoms with Crippen LogP contribution >= 0.6 is 11.3 Å². The maximum Gasteiger partial charge on any atom is 0.169 e. The fourth-order valence-electron chi connectivity index (χ4n) is 3.78. The second kappa shape index (κ2) is 9.70. The first kappa shape index (κ1) is 21.6. The van der Waals surface area contributed by atoms with E-state index in [-0.39, 0.29) is 23.0 Å². The van der Waals surface area contributed by atoms with Gasteiger partial charge in [0.1, 0.15) is 12.4 Å². The predicted molar refractivity (Wildman–Crippen MR) is 130 cm³/mol. The second-order valence-corrected chi connectivity index (χ2v) is 8.95. The molecule has 5 rings (SSSR count). The monoisotopic (exact) mass is 463 g/mol. The van der Waals surface area contributed by atoms with E-state index >= 15 is 0 Å². The summed E-state index contributed by atoms with van der Waals surface area (Å²) in [7, 11) is 0. The first-order valence-corrected chi connectivity index (χ1v) is 11.7. The first-order chi connectivity index (χ1) is 16.2. The van der Waals surface area contributed by atoms with E-state index in [1.165, 1.54) is 16.2 Å². The molecule has 0 saturated carbocycles. The van der Waals surface area contributed by atoms with Gasteiger partial charge in [-0.3, -0.25) is 4.90 Å². The van der Waals surface area contributed by atoms with Crippen molar-refractivity contribution >= 4 is 21.4 Å². The van der Waals surface area contributed by atoms with Crippen LogP contribution in [-0.4, -0.2) is 54.6 Å². The fourth-order valence-corrected chi connectivity index (χ4v) is 4.84. The van der Waals surface area contributed by atoms with E-state index in [2.05, 4.69) is 23.1 Å². The lowest BCUT2D eigenvalue weighted by Gasteiger charge is -2.26. The number of hydrogen-bond acceptors (Lipinski definition) is 7. The third-order valence-electron chi connectivity index (χ3n) is 5.60. The van der Waals surface area contributed by atoms with E-state index in [1.54, 1.807) is 35.6 Å². The maximum absolute atomic E-state index is 10.5. The molecule has 7 heteroatoms. The van der Waals surface area contributed by atoms with Crippen LogP contribution in [0.2, 0.25) is 0 Å². The van der Waals surface area contributed by atoms with Crippen molar-refractivity contribution in [3.63, 3.8) is 0 Å². The molecule has 6 nitrogen and oxygen atoms in total. The number of phenolic OH excluding ortho intramolecular Hbond substituents is 2. The molecule has 2 heterocycles. The van der Waals surface area contributed by atoms with Crippen LogP contribution in [-0.2, 0) is 4.74 Å². The quantitative estimate of drug-likeness (QED) is 0.378. The number of rotatable bonds is 7. The van der Waals surface area contributed by atoms with E-state index < -0.39 is 0 Å². The molecule has 1 aliphatic heterocycles. The Hall–Kier alpha value is -3.26. The van der Waals surface area contributed by atoms with Gasteiger partial charge < -0.3 is 24.4 Å². The maximum atomic E-state index is 10.5. The lowest BCUT2D eigenvalue weighted by atomic mass is 10.1. The minimum atomic E-state index is -0.0504. The third-order valence-corrected chi connectivity index (χ3v) is 6.77. The Kier molecular flexibility index (Phi) is 6.35. The van der Waals surface area contributed by atoms with Crippen LogP contribution < -0.4 is 9.47 Å². The number of aromatic hydroxyl groups is 2.